The molecule has 0 spiro atoms. The van der Waals surface area contributed by atoms with E-state index in [1.807, 2.05) is 26.0 Å². The Morgan fingerprint density at radius 1 is 1.06 bits per heavy atom. The SMILES string of the molecule is Cc1cc(N)cc(C)c1C(=O)c1ccc(Cl)cc1. The maximum Gasteiger partial charge on any atom is 0.193 e. The van der Waals surface area contributed by atoms with Crippen molar-refractivity contribution in [1.29, 1.82) is 0 Å². The van der Waals surface area contributed by atoms with Crippen LogP contribution < -0.4 is 5.73 Å². The Balaban J connectivity index is 2.49. The van der Waals surface area contributed by atoms with Gasteiger partial charge in [0.05, 0.1) is 0 Å². The van der Waals surface area contributed by atoms with Crippen molar-refractivity contribution in [3.8, 4) is 0 Å². The van der Waals surface area contributed by atoms with Gasteiger partial charge in [0.1, 0.15) is 0 Å². The number of carbonyl (C=O) groups is 1. The van der Waals surface area contributed by atoms with Crippen LogP contribution in [0.25, 0.3) is 0 Å². The minimum absolute atomic E-state index is 0.00154. The van der Waals surface area contributed by atoms with E-state index in [-0.39, 0.29) is 5.78 Å². The monoisotopic (exact) mass is 259 g/mol. The van der Waals surface area contributed by atoms with Crippen LogP contribution in [0.4, 0.5) is 5.69 Å². The van der Waals surface area contributed by atoms with E-state index in [4.69, 9.17) is 17.3 Å². The summed E-state index contributed by atoms with van der Waals surface area (Å²) in [6.07, 6.45) is 0. The highest BCUT2D eigenvalue weighted by molar-refractivity contribution is 6.30. The van der Waals surface area contributed by atoms with E-state index >= 15 is 0 Å². The molecule has 3 heteroatoms. The third kappa shape index (κ3) is 2.39. The van der Waals surface area contributed by atoms with Gasteiger partial charge in [-0.2, -0.15) is 0 Å². The third-order valence-electron chi connectivity index (χ3n) is 2.89. The van der Waals surface area contributed by atoms with Crippen molar-refractivity contribution in [2.75, 3.05) is 5.73 Å². The molecule has 2 aromatic rings. The fraction of sp³-hybridized carbons (Fsp3) is 0.133. The van der Waals surface area contributed by atoms with Gasteiger partial charge in [0.15, 0.2) is 5.78 Å². The van der Waals surface area contributed by atoms with Crippen molar-refractivity contribution in [2.45, 2.75) is 13.8 Å². The van der Waals surface area contributed by atoms with Crippen molar-refractivity contribution < 1.29 is 4.79 Å². The summed E-state index contributed by atoms with van der Waals surface area (Å²) in [6.45, 7) is 3.79. The zero-order chi connectivity index (χ0) is 13.3. The van der Waals surface area contributed by atoms with Crippen molar-refractivity contribution in [1.82, 2.24) is 0 Å². The number of nitrogens with two attached hydrogens (primary N) is 1. The minimum atomic E-state index is 0.00154. The van der Waals surface area contributed by atoms with Crippen LogP contribution in [0, 0.1) is 13.8 Å². The summed E-state index contributed by atoms with van der Waals surface area (Å²) >= 11 is 5.82. The van der Waals surface area contributed by atoms with Gasteiger partial charge in [0.25, 0.3) is 0 Å². The smallest absolute Gasteiger partial charge is 0.193 e. The molecule has 0 radical (unpaired) electrons. The van der Waals surface area contributed by atoms with Crippen molar-refractivity contribution in [3.05, 3.63) is 63.7 Å². The Morgan fingerprint density at radius 3 is 2.06 bits per heavy atom. The van der Waals surface area contributed by atoms with Gasteiger partial charge in [0, 0.05) is 21.8 Å². The lowest BCUT2D eigenvalue weighted by molar-refractivity contribution is 0.103. The van der Waals surface area contributed by atoms with Gasteiger partial charge in [-0.15, -0.1) is 0 Å². The van der Waals surface area contributed by atoms with Crippen LogP contribution in [0.2, 0.25) is 5.02 Å². The molecule has 18 heavy (non-hydrogen) atoms. The highest BCUT2D eigenvalue weighted by Crippen LogP contribution is 2.22. The molecule has 0 unspecified atom stereocenters. The van der Waals surface area contributed by atoms with Gasteiger partial charge in [-0.05, 0) is 61.4 Å². The number of rotatable bonds is 2. The molecule has 0 fully saturated rings. The first-order chi connectivity index (χ1) is 8.49. The summed E-state index contributed by atoms with van der Waals surface area (Å²) < 4.78 is 0. The topological polar surface area (TPSA) is 43.1 Å². The van der Waals surface area contributed by atoms with Crippen LogP contribution in [0.1, 0.15) is 27.0 Å². The predicted octanol–water partition coefficient (Wildman–Crippen LogP) is 3.77. The summed E-state index contributed by atoms with van der Waals surface area (Å²) in [5, 5.41) is 0.623. The van der Waals surface area contributed by atoms with Crippen LogP contribution in [0.15, 0.2) is 36.4 Å². The molecule has 0 aromatic heterocycles. The Bertz CT molecular complexity index is 579. The Hall–Kier alpha value is -1.80. The molecule has 2 rings (SSSR count). The molecular weight excluding hydrogens is 246 g/mol. The Labute approximate surface area is 111 Å². The Kier molecular flexibility index (Phi) is 3.39. The first-order valence-electron chi connectivity index (χ1n) is 5.66. The van der Waals surface area contributed by atoms with E-state index in [9.17, 15) is 4.79 Å². The number of ketones is 1. The summed E-state index contributed by atoms with van der Waals surface area (Å²) in [7, 11) is 0. The zero-order valence-corrected chi connectivity index (χ0v) is 11.1. The van der Waals surface area contributed by atoms with Crippen LogP contribution in [0.3, 0.4) is 0 Å². The van der Waals surface area contributed by atoms with E-state index < -0.39 is 0 Å². The molecule has 92 valence electrons. The van der Waals surface area contributed by atoms with E-state index in [2.05, 4.69) is 0 Å². The van der Waals surface area contributed by atoms with Crippen LogP contribution >= 0.6 is 11.6 Å². The van der Waals surface area contributed by atoms with Gasteiger partial charge >= 0.3 is 0 Å². The standard InChI is InChI=1S/C15H14ClNO/c1-9-7-13(17)8-10(2)14(9)15(18)11-3-5-12(16)6-4-11/h3-8H,17H2,1-2H3. The normalized spacial score (nSPS) is 10.4. The zero-order valence-electron chi connectivity index (χ0n) is 10.3. The van der Waals surface area contributed by atoms with Gasteiger partial charge in [0.2, 0.25) is 0 Å². The molecule has 2 nitrogen and oxygen atoms in total. The lowest BCUT2D eigenvalue weighted by Gasteiger charge is -2.10. The fourth-order valence-electron chi connectivity index (χ4n) is 2.10. The maximum atomic E-state index is 12.4. The first kappa shape index (κ1) is 12.7. The summed E-state index contributed by atoms with van der Waals surface area (Å²) in [5.41, 5.74) is 9.58. The third-order valence-corrected chi connectivity index (χ3v) is 3.14. The van der Waals surface area contributed by atoms with E-state index in [1.165, 1.54) is 0 Å². The van der Waals surface area contributed by atoms with Crippen LogP contribution in [-0.4, -0.2) is 5.78 Å². The van der Waals surface area contributed by atoms with Crippen LogP contribution in [0.5, 0.6) is 0 Å². The van der Waals surface area contributed by atoms with Gasteiger partial charge in [-0.1, -0.05) is 11.6 Å². The fourth-order valence-corrected chi connectivity index (χ4v) is 2.23. The number of carbonyl (C=O) groups excluding carboxylic acids is 1. The summed E-state index contributed by atoms with van der Waals surface area (Å²) in [5.74, 6) is 0.00154. The molecule has 0 saturated carbocycles. The van der Waals surface area contributed by atoms with Crippen LogP contribution in [-0.2, 0) is 0 Å². The van der Waals surface area contributed by atoms with E-state index in [1.54, 1.807) is 24.3 Å². The number of benzene rings is 2. The Morgan fingerprint density at radius 2 is 1.56 bits per heavy atom. The average molecular weight is 260 g/mol. The average Bonchev–Trinajstić information content (AvgIpc) is 2.28. The molecule has 0 heterocycles. The first-order valence-corrected chi connectivity index (χ1v) is 6.04. The van der Waals surface area contributed by atoms with E-state index in [0.29, 0.717) is 21.8 Å². The molecule has 0 aliphatic carbocycles. The number of hydrogen-bond acceptors (Lipinski definition) is 2. The number of anilines is 1. The summed E-state index contributed by atoms with van der Waals surface area (Å²) in [6, 6.07) is 10.5. The second kappa shape index (κ2) is 4.83. The molecule has 0 saturated heterocycles. The second-order valence-corrected chi connectivity index (χ2v) is 4.80. The number of halogens is 1. The second-order valence-electron chi connectivity index (χ2n) is 4.37. The lowest BCUT2D eigenvalue weighted by atomic mass is 9.94. The lowest BCUT2D eigenvalue weighted by Crippen LogP contribution is -2.07. The van der Waals surface area contributed by atoms with Gasteiger partial charge < -0.3 is 5.73 Å². The molecule has 2 N–H and O–H groups in total. The van der Waals surface area contributed by atoms with Crippen molar-refractivity contribution in [2.24, 2.45) is 0 Å². The number of aryl methyl sites for hydroxylation is 2. The molecule has 0 aliphatic heterocycles. The maximum absolute atomic E-state index is 12.4. The summed E-state index contributed by atoms with van der Waals surface area (Å²) in [4.78, 5) is 12.4. The molecule has 0 bridgehead atoms. The molecular formula is C15H14ClNO. The van der Waals surface area contributed by atoms with Crippen molar-refractivity contribution >= 4 is 23.1 Å². The highest BCUT2D eigenvalue weighted by Gasteiger charge is 2.14. The largest absolute Gasteiger partial charge is 0.399 e. The van der Waals surface area contributed by atoms with Gasteiger partial charge in [-0.25, -0.2) is 0 Å². The highest BCUT2D eigenvalue weighted by atomic mass is 35.5. The predicted molar refractivity (Wildman–Crippen MR) is 75.2 cm³/mol. The van der Waals surface area contributed by atoms with Crippen molar-refractivity contribution in [3.63, 3.8) is 0 Å². The molecule has 2 aromatic carbocycles. The van der Waals surface area contributed by atoms with E-state index in [0.717, 1.165) is 11.1 Å². The quantitative estimate of drug-likeness (QED) is 0.659. The van der Waals surface area contributed by atoms with Gasteiger partial charge in [-0.3, -0.25) is 4.79 Å². The number of hydrogen-bond donors (Lipinski definition) is 1. The molecule has 0 amide bonds. The minimum Gasteiger partial charge on any atom is -0.399 e. The molecule has 0 aliphatic rings. The molecule has 0 atom stereocenters. The number of nitrogen functional groups attached to an aromatic ring is 1.